The number of aliphatic hydroxyl groups is 1. The number of hydrogen-bond acceptors (Lipinski definition) is 11. The average Bonchev–Trinajstić information content (AvgIpc) is 3.84. The first kappa shape index (κ1) is 32.2. The molecule has 250 valence electrons. The predicted octanol–water partition coefficient (Wildman–Crippen LogP) is 2.01. The highest BCUT2D eigenvalue weighted by Crippen LogP contribution is 2.50. The molecule has 4 aromatic rings. The number of nitrogens with one attached hydrogen (secondary N) is 3. The van der Waals surface area contributed by atoms with Gasteiger partial charge < -0.3 is 31.7 Å². The van der Waals surface area contributed by atoms with Gasteiger partial charge in [0.15, 0.2) is 11.5 Å². The maximum atomic E-state index is 12.8. The zero-order valence-corrected chi connectivity index (χ0v) is 27.3. The van der Waals surface area contributed by atoms with Crippen LogP contribution in [0.5, 0.6) is 0 Å². The molecular weight excluding hydrogens is 625 g/mol. The van der Waals surface area contributed by atoms with Gasteiger partial charge in [-0.15, -0.1) is 10.2 Å². The first-order valence-electron chi connectivity index (χ1n) is 16.2. The van der Waals surface area contributed by atoms with Crippen molar-refractivity contribution in [1.82, 2.24) is 35.2 Å². The highest BCUT2D eigenvalue weighted by molar-refractivity contribution is 6.14. The second-order valence-electron chi connectivity index (χ2n) is 12.6. The number of anilines is 4. The Hall–Kier alpha value is -5.35. The van der Waals surface area contributed by atoms with Crippen molar-refractivity contribution < 1.29 is 19.5 Å². The quantitative estimate of drug-likeness (QED) is 0.156. The maximum Gasteiger partial charge on any atom is 0.273 e. The number of carbonyl (C=O) groups excluding carboxylic acids is 3. The lowest BCUT2D eigenvalue weighted by molar-refractivity contribution is -0.117. The normalized spacial score (nSPS) is 18.4. The zero-order valence-electron chi connectivity index (χ0n) is 27.3. The number of aromatic nitrogens is 5. The number of hydrogen-bond donors (Lipinski definition) is 5. The van der Waals surface area contributed by atoms with E-state index in [1.54, 1.807) is 23.1 Å². The van der Waals surface area contributed by atoms with E-state index in [-0.39, 0.29) is 46.8 Å². The number of likely N-dealkylation sites (tertiary alicyclic amines) is 1. The number of rotatable bonds is 10. The third-order valence-corrected chi connectivity index (χ3v) is 9.46. The van der Waals surface area contributed by atoms with E-state index in [4.69, 9.17) is 18.7 Å². The molecule has 1 aliphatic carbocycles. The smallest absolute Gasteiger partial charge is 0.273 e. The summed E-state index contributed by atoms with van der Waals surface area (Å²) in [6.07, 6.45) is 4.32. The molecule has 1 saturated carbocycles. The molecule has 49 heavy (non-hydrogen) atoms. The van der Waals surface area contributed by atoms with Crippen molar-refractivity contribution in [2.24, 2.45) is 11.7 Å². The van der Waals surface area contributed by atoms with Crippen molar-refractivity contribution in [3.05, 3.63) is 71.4 Å². The molecule has 15 nitrogen and oxygen atoms in total. The molecule has 1 saturated heterocycles. The van der Waals surface area contributed by atoms with E-state index in [0.29, 0.717) is 18.8 Å². The van der Waals surface area contributed by atoms with Gasteiger partial charge in [-0.2, -0.15) is 5.10 Å². The Bertz CT molecular complexity index is 1970. The average molecular weight is 662 g/mol. The highest BCUT2D eigenvalue weighted by atomic mass is 16.3. The van der Waals surface area contributed by atoms with E-state index in [1.807, 2.05) is 36.1 Å². The summed E-state index contributed by atoms with van der Waals surface area (Å²) in [6, 6.07) is 12.0. The van der Waals surface area contributed by atoms with Crippen LogP contribution in [-0.2, 0) is 10.4 Å². The van der Waals surface area contributed by atoms with Gasteiger partial charge in [0.2, 0.25) is 5.91 Å². The number of pyridine rings is 1. The van der Waals surface area contributed by atoms with Crippen LogP contribution in [0.15, 0.2) is 48.7 Å². The third-order valence-electron chi connectivity index (χ3n) is 9.46. The van der Waals surface area contributed by atoms with Gasteiger partial charge >= 0.3 is 0 Å². The topological polar surface area (TPSA) is 197 Å². The van der Waals surface area contributed by atoms with E-state index >= 15 is 0 Å². The lowest BCUT2D eigenvalue weighted by atomic mass is 9.82. The van der Waals surface area contributed by atoms with Crippen LogP contribution in [0.3, 0.4) is 0 Å². The van der Waals surface area contributed by atoms with E-state index in [1.165, 1.54) is 13.1 Å². The van der Waals surface area contributed by atoms with Crippen LogP contribution in [0.25, 0.3) is 11.1 Å². The zero-order chi connectivity index (χ0) is 34.6. The molecule has 3 aromatic heterocycles. The fourth-order valence-corrected chi connectivity index (χ4v) is 6.63. The minimum atomic E-state index is -1.90. The molecule has 3 aliphatic rings. The van der Waals surface area contributed by atoms with Gasteiger partial charge in [-0.3, -0.25) is 24.0 Å². The lowest BCUT2D eigenvalue weighted by Gasteiger charge is -2.49. The monoisotopic (exact) mass is 661 g/mol. The Morgan fingerprint density at radius 2 is 1.84 bits per heavy atom. The van der Waals surface area contributed by atoms with Gasteiger partial charge in [-0.05, 0) is 37.5 Å². The Morgan fingerprint density at radius 1 is 1.08 bits per heavy atom. The summed E-state index contributed by atoms with van der Waals surface area (Å²) < 4.78 is 2.01. The van der Waals surface area contributed by atoms with Crippen LogP contribution in [0.4, 0.5) is 22.9 Å². The van der Waals surface area contributed by atoms with Gasteiger partial charge in [0.25, 0.3) is 11.8 Å². The van der Waals surface area contributed by atoms with Gasteiger partial charge in [0, 0.05) is 50.3 Å². The minimum Gasteiger partial charge on any atom is -0.379 e. The predicted molar refractivity (Wildman–Crippen MR) is 182 cm³/mol. The van der Waals surface area contributed by atoms with Gasteiger partial charge in [0.1, 0.15) is 19.2 Å². The van der Waals surface area contributed by atoms with Crippen LogP contribution < -0.4 is 26.6 Å². The second kappa shape index (κ2) is 12.3. The number of carbonyl (C=O) groups is 3. The molecule has 7 rings (SSSR count). The summed E-state index contributed by atoms with van der Waals surface area (Å²) in [5.74, 6) is -0.995. The molecule has 2 aliphatic heterocycles. The molecule has 3 amide bonds. The molecule has 0 spiro atoms. The van der Waals surface area contributed by atoms with Crippen LogP contribution in [0, 0.1) is 5.92 Å². The molecule has 2 fully saturated rings. The number of fused-ring (bicyclic) bond motifs is 3. The Balaban J connectivity index is 1.19. The number of benzene rings is 1. The van der Waals surface area contributed by atoms with Crippen molar-refractivity contribution >= 4 is 48.4 Å². The molecule has 6 N–H and O–H groups in total. The van der Waals surface area contributed by atoms with Crippen LogP contribution in [0.1, 0.15) is 70.6 Å². The minimum absolute atomic E-state index is 0.0189. The molecule has 2 atom stereocenters. The van der Waals surface area contributed by atoms with Crippen LogP contribution >= 0.6 is 0 Å². The van der Waals surface area contributed by atoms with E-state index in [9.17, 15) is 19.5 Å². The summed E-state index contributed by atoms with van der Waals surface area (Å²) in [5.41, 5.74) is 8.73. The van der Waals surface area contributed by atoms with Crippen molar-refractivity contribution in [1.29, 1.82) is 0 Å². The van der Waals surface area contributed by atoms with Gasteiger partial charge in [-0.25, -0.2) is 4.98 Å². The summed E-state index contributed by atoms with van der Waals surface area (Å²) in [4.78, 5) is 44.9. The molecule has 1 aromatic carbocycles. The standard InChI is InChI=1S/C33H36BN11O4/c1-4-24-29-20(14-37-45(29)18-15-44(16-18)33(34,49)25-10-6-9-22(39-25)30(35)46)19-7-5-8-21(28(19)43(24)3)38-23-13-26(40-31(47)17-11-12-17)41-42-27(23)32(48)36-2/h5-10,13-14,17-18,24,49H,4,11-12,15-16H2,1-3H3,(H2,35,46)(H,36,48)(H2,38,40,41,47). The number of nitrogens with two attached hydrogens (primary N) is 1. The fourth-order valence-electron chi connectivity index (χ4n) is 6.63. The SMILES string of the molecule is [B]C(O)(c1cccc(C(N)=O)n1)N1CC(n2ncc3c2C(CC)N(C)c2c(Nc4cc(NC(=O)C5CC5)nnc4C(=O)NC)cccc2-3)C1. The third kappa shape index (κ3) is 5.66. The number of para-hydroxylation sites is 1. The largest absolute Gasteiger partial charge is 0.379 e. The van der Waals surface area contributed by atoms with Crippen molar-refractivity contribution in [2.75, 3.05) is 42.7 Å². The molecule has 5 heterocycles. The molecule has 0 bridgehead atoms. The fraction of sp³-hybridized carbons (Fsp3) is 0.364. The first-order valence-corrected chi connectivity index (χ1v) is 16.2. The van der Waals surface area contributed by atoms with Crippen LogP contribution in [-0.4, -0.2) is 87.7 Å². The van der Waals surface area contributed by atoms with Crippen LogP contribution in [0.2, 0.25) is 0 Å². The number of amides is 3. The van der Waals surface area contributed by atoms with Gasteiger partial charge in [0.05, 0.1) is 46.7 Å². The molecule has 16 heteroatoms. The molecule has 2 radical (unpaired) electrons. The Labute approximate surface area is 283 Å². The summed E-state index contributed by atoms with van der Waals surface area (Å²) in [5, 5.41) is 33.1. The summed E-state index contributed by atoms with van der Waals surface area (Å²) in [6.45, 7) is 2.90. The van der Waals surface area contributed by atoms with E-state index in [2.05, 4.69) is 43.0 Å². The Kier molecular flexibility index (Phi) is 8.07. The summed E-state index contributed by atoms with van der Waals surface area (Å²) >= 11 is 0. The van der Waals surface area contributed by atoms with E-state index in [0.717, 1.165) is 47.5 Å². The first-order chi connectivity index (χ1) is 23.5. The lowest BCUT2D eigenvalue weighted by Crippen LogP contribution is -2.59. The second-order valence-corrected chi connectivity index (χ2v) is 12.6. The molecular formula is C33H36BN11O4. The summed E-state index contributed by atoms with van der Waals surface area (Å²) in [7, 11) is 9.88. The van der Waals surface area contributed by atoms with Crippen molar-refractivity contribution in [2.45, 2.75) is 43.9 Å². The number of nitrogens with zero attached hydrogens (tertiary/aromatic N) is 7. The van der Waals surface area contributed by atoms with E-state index < -0.39 is 17.4 Å². The Morgan fingerprint density at radius 3 is 2.53 bits per heavy atom. The number of primary amides is 1. The van der Waals surface area contributed by atoms with Crippen molar-refractivity contribution in [3.63, 3.8) is 0 Å². The van der Waals surface area contributed by atoms with Gasteiger partial charge in [-0.1, -0.05) is 25.1 Å². The highest BCUT2D eigenvalue weighted by Gasteiger charge is 2.44. The maximum absolute atomic E-state index is 12.8. The van der Waals surface area contributed by atoms with Crippen molar-refractivity contribution in [3.8, 4) is 11.1 Å². The molecule has 2 unspecified atom stereocenters.